The molecular weight excluding hydrogens is 116 g/mol. The monoisotopic (exact) mass is 128 g/mol. The molecule has 1 N–H and O–H groups in total. The second kappa shape index (κ2) is 5.51. The molecule has 0 aliphatic carbocycles. The molecule has 0 aromatic carbocycles. The minimum absolute atomic E-state index is 0.114. The number of ketones is 1. The molecule has 0 spiro atoms. The summed E-state index contributed by atoms with van der Waals surface area (Å²) in [5.41, 5.74) is 0. The van der Waals surface area contributed by atoms with Crippen molar-refractivity contribution in [2.75, 3.05) is 6.61 Å². The molecule has 0 heterocycles. The lowest BCUT2D eigenvalue weighted by atomic mass is 10.2. The average molecular weight is 128 g/mol. The summed E-state index contributed by atoms with van der Waals surface area (Å²) in [7, 11) is 0. The van der Waals surface area contributed by atoms with Crippen molar-refractivity contribution >= 4 is 5.78 Å². The van der Waals surface area contributed by atoms with Gasteiger partial charge in [-0.3, -0.25) is 4.79 Å². The summed E-state index contributed by atoms with van der Waals surface area (Å²) in [6, 6.07) is 0. The summed E-state index contributed by atoms with van der Waals surface area (Å²) in [6.07, 6.45) is 4.32. The highest BCUT2D eigenvalue weighted by molar-refractivity contribution is 5.89. The maximum absolute atomic E-state index is 10.5. The first-order valence-corrected chi connectivity index (χ1v) is 3.11. The van der Waals surface area contributed by atoms with E-state index in [2.05, 4.69) is 0 Å². The summed E-state index contributed by atoms with van der Waals surface area (Å²) < 4.78 is 0. The van der Waals surface area contributed by atoms with Crippen molar-refractivity contribution in [3.8, 4) is 0 Å². The summed E-state index contributed by atoms with van der Waals surface area (Å²) in [5, 5.41) is 8.29. The summed E-state index contributed by atoms with van der Waals surface area (Å²) in [6.45, 7) is 1.93. The van der Waals surface area contributed by atoms with E-state index < -0.39 is 0 Å². The molecule has 0 aliphatic rings. The Bertz CT molecular complexity index is 105. The Balaban J connectivity index is 3.32. The van der Waals surface area contributed by atoms with Gasteiger partial charge in [-0.05, 0) is 12.5 Å². The van der Waals surface area contributed by atoms with Crippen LogP contribution in [0.2, 0.25) is 0 Å². The number of carbonyl (C=O) groups is 1. The smallest absolute Gasteiger partial charge is 0.155 e. The molecule has 0 aromatic rings. The van der Waals surface area contributed by atoms with Crippen LogP contribution in [0.15, 0.2) is 12.2 Å². The Kier molecular flexibility index (Phi) is 5.12. The van der Waals surface area contributed by atoms with Gasteiger partial charge in [-0.15, -0.1) is 0 Å². The van der Waals surface area contributed by atoms with Gasteiger partial charge in [-0.25, -0.2) is 0 Å². The van der Waals surface area contributed by atoms with E-state index in [1.165, 1.54) is 6.08 Å². The third kappa shape index (κ3) is 5.24. The second-order valence-corrected chi connectivity index (χ2v) is 1.73. The van der Waals surface area contributed by atoms with Gasteiger partial charge in [-0.2, -0.15) is 0 Å². The van der Waals surface area contributed by atoms with Crippen LogP contribution in [-0.2, 0) is 4.79 Å². The van der Waals surface area contributed by atoms with Gasteiger partial charge in [0.2, 0.25) is 0 Å². The minimum Gasteiger partial charge on any atom is -0.396 e. The van der Waals surface area contributed by atoms with Gasteiger partial charge in [0.15, 0.2) is 5.78 Å². The van der Waals surface area contributed by atoms with Gasteiger partial charge < -0.3 is 5.11 Å². The van der Waals surface area contributed by atoms with Crippen molar-refractivity contribution in [1.82, 2.24) is 0 Å². The highest BCUT2D eigenvalue weighted by Crippen LogP contribution is 1.85. The summed E-state index contributed by atoms with van der Waals surface area (Å²) in [4.78, 5) is 10.5. The molecule has 0 radical (unpaired) electrons. The highest BCUT2D eigenvalue weighted by atomic mass is 16.2. The zero-order valence-corrected chi connectivity index (χ0v) is 5.63. The third-order valence-electron chi connectivity index (χ3n) is 0.948. The Morgan fingerprint density at radius 2 is 2.33 bits per heavy atom. The van der Waals surface area contributed by atoms with Crippen LogP contribution in [0.1, 0.15) is 19.8 Å². The number of hydrogen-bond acceptors (Lipinski definition) is 2. The molecule has 0 saturated heterocycles. The highest BCUT2D eigenvalue weighted by Gasteiger charge is 1.86. The van der Waals surface area contributed by atoms with Gasteiger partial charge in [0.05, 0.1) is 0 Å². The lowest BCUT2D eigenvalue weighted by Crippen LogP contribution is -1.87. The molecule has 0 aliphatic heterocycles. The fraction of sp³-hybridized carbons (Fsp3) is 0.571. The van der Waals surface area contributed by atoms with Crippen LogP contribution in [0.4, 0.5) is 0 Å². The Morgan fingerprint density at radius 3 is 2.78 bits per heavy atom. The van der Waals surface area contributed by atoms with E-state index in [4.69, 9.17) is 5.11 Å². The molecule has 0 atom stereocenters. The first-order chi connectivity index (χ1) is 4.31. The van der Waals surface area contributed by atoms with Crippen molar-refractivity contribution in [1.29, 1.82) is 0 Å². The van der Waals surface area contributed by atoms with Crippen molar-refractivity contribution in [3.63, 3.8) is 0 Å². The van der Waals surface area contributed by atoms with Crippen LogP contribution in [0.3, 0.4) is 0 Å². The van der Waals surface area contributed by atoms with Gasteiger partial charge in [0.25, 0.3) is 0 Å². The van der Waals surface area contributed by atoms with Crippen LogP contribution in [0, 0.1) is 0 Å². The van der Waals surface area contributed by atoms with Crippen LogP contribution in [-0.4, -0.2) is 17.5 Å². The normalized spacial score (nSPS) is 10.4. The van der Waals surface area contributed by atoms with E-state index in [0.29, 0.717) is 12.8 Å². The van der Waals surface area contributed by atoms with Crippen LogP contribution in [0.5, 0.6) is 0 Å². The SMILES string of the molecule is CCC(=O)/C=C/CCO. The van der Waals surface area contributed by atoms with Crippen molar-refractivity contribution in [2.45, 2.75) is 19.8 Å². The maximum Gasteiger partial charge on any atom is 0.155 e. The number of carbonyl (C=O) groups excluding carboxylic acids is 1. The molecular formula is C7H12O2. The zero-order chi connectivity index (χ0) is 7.11. The summed E-state index contributed by atoms with van der Waals surface area (Å²) in [5.74, 6) is 0.114. The van der Waals surface area contributed by atoms with Crippen molar-refractivity contribution < 1.29 is 9.90 Å². The van der Waals surface area contributed by atoms with Crippen LogP contribution < -0.4 is 0 Å². The largest absolute Gasteiger partial charge is 0.396 e. The van der Waals surface area contributed by atoms with E-state index >= 15 is 0 Å². The Hall–Kier alpha value is -0.630. The van der Waals surface area contributed by atoms with E-state index in [1.54, 1.807) is 6.08 Å². The van der Waals surface area contributed by atoms with Gasteiger partial charge in [-0.1, -0.05) is 13.0 Å². The van der Waals surface area contributed by atoms with Crippen molar-refractivity contribution in [3.05, 3.63) is 12.2 Å². The van der Waals surface area contributed by atoms with E-state index in [0.717, 1.165) is 0 Å². The molecule has 0 amide bonds. The molecule has 52 valence electrons. The average Bonchev–Trinajstić information content (AvgIpc) is 1.89. The molecule has 2 nitrogen and oxygen atoms in total. The second-order valence-electron chi connectivity index (χ2n) is 1.73. The standard InChI is InChI=1S/C7H12O2/c1-2-7(9)5-3-4-6-8/h3,5,8H,2,4,6H2,1H3/b5-3+. The zero-order valence-electron chi connectivity index (χ0n) is 5.63. The topological polar surface area (TPSA) is 37.3 Å². The van der Waals surface area contributed by atoms with Crippen LogP contribution >= 0.6 is 0 Å². The number of allylic oxidation sites excluding steroid dienone is 1. The van der Waals surface area contributed by atoms with E-state index in [9.17, 15) is 4.79 Å². The fourth-order valence-electron chi connectivity index (χ4n) is 0.407. The quantitative estimate of drug-likeness (QED) is 0.571. The molecule has 0 rings (SSSR count). The minimum atomic E-state index is 0.114. The number of rotatable bonds is 4. The first-order valence-electron chi connectivity index (χ1n) is 3.11. The Morgan fingerprint density at radius 1 is 1.67 bits per heavy atom. The Labute approximate surface area is 55.2 Å². The number of aliphatic hydroxyl groups is 1. The molecule has 0 bridgehead atoms. The predicted octanol–water partition coefficient (Wildman–Crippen LogP) is 0.904. The van der Waals surface area contributed by atoms with Gasteiger partial charge in [0, 0.05) is 13.0 Å². The fourth-order valence-corrected chi connectivity index (χ4v) is 0.407. The van der Waals surface area contributed by atoms with E-state index in [1.807, 2.05) is 6.92 Å². The van der Waals surface area contributed by atoms with Gasteiger partial charge in [0.1, 0.15) is 0 Å². The molecule has 0 saturated carbocycles. The molecule has 0 fully saturated rings. The number of hydrogen-bond donors (Lipinski definition) is 1. The predicted molar refractivity (Wildman–Crippen MR) is 36.1 cm³/mol. The van der Waals surface area contributed by atoms with E-state index in [-0.39, 0.29) is 12.4 Å². The molecule has 9 heavy (non-hydrogen) atoms. The molecule has 0 aromatic heterocycles. The molecule has 2 heteroatoms. The summed E-state index contributed by atoms with van der Waals surface area (Å²) >= 11 is 0. The van der Waals surface area contributed by atoms with Crippen molar-refractivity contribution in [2.24, 2.45) is 0 Å². The third-order valence-corrected chi connectivity index (χ3v) is 0.948. The lowest BCUT2D eigenvalue weighted by Gasteiger charge is -1.83. The van der Waals surface area contributed by atoms with Crippen LogP contribution in [0.25, 0.3) is 0 Å². The molecule has 0 unspecified atom stereocenters. The maximum atomic E-state index is 10.5. The van der Waals surface area contributed by atoms with Gasteiger partial charge >= 0.3 is 0 Å². The first kappa shape index (κ1) is 8.37. The number of aliphatic hydroxyl groups excluding tert-OH is 1. The lowest BCUT2D eigenvalue weighted by molar-refractivity contribution is -0.114.